The number of ether oxygens (including phenoxy) is 4. The summed E-state index contributed by atoms with van der Waals surface area (Å²) in [6, 6.07) is 7.27. The third-order valence-electron chi connectivity index (χ3n) is 3.65. The molecule has 0 unspecified atom stereocenters. The Morgan fingerprint density at radius 3 is 2.74 bits per heavy atom. The Morgan fingerprint density at radius 1 is 1.22 bits per heavy atom. The molecular weight excluding hydrogens is 296 g/mol. The average molecular weight is 320 g/mol. The molecule has 0 radical (unpaired) electrons. The van der Waals surface area contributed by atoms with Crippen LogP contribution in [0.4, 0.5) is 0 Å². The molecule has 0 fully saturated rings. The molecule has 0 aliphatic carbocycles. The minimum atomic E-state index is -0.357. The van der Waals surface area contributed by atoms with E-state index in [-0.39, 0.29) is 24.3 Å². The Balaban J connectivity index is 2.16. The van der Waals surface area contributed by atoms with E-state index in [2.05, 4.69) is 0 Å². The molecule has 5 nitrogen and oxygen atoms in total. The summed E-state index contributed by atoms with van der Waals surface area (Å²) in [6.45, 7) is 5.62. The molecule has 1 heterocycles. The molecule has 0 aromatic heterocycles. The van der Waals surface area contributed by atoms with Gasteiger partial charge in [0.25, 0.3) is 0 Å². The van der Waals surface area contributed by atoms with Crippen LogP contribution in [0.25, 0.3) is 0 Å². The fourth-order valence-corrected chi connectivity index (χ4v) is 2.52. The Hall–Kier alpha value is -1.69. The summed E-state index contributed by atoms with van der Waals surface area (Å²) in [5.74, 6) is -0.357. The zero-order valence-corrected chi connectivity index (χ0v) is 13.9. The van der Waals surface area contributed by atoms with Crippen LogP contribution in [0.3, 0.4) is 0 Å². The van der Waals surface area contributed by atoms with E-state index in [0.29, 0.717) is 25.4 Å². The fourth-order valence-electron chi connectivity index (χ4n) is 2.52. The third-order valence-corrected chi connectivity index (χ3v) is 3.65. The molecule has 5 heteroatoms. The van der Waals surface area contributed by atoms with E-state index in [4.69, 9.17) is 18.9 Å². The van der Waals surface area contributed by atoms with E-state index in [1.165, 1.54) is 7.11 Å². The summed E-state index contributed by atoms with van der Waals surface area (Å²) in [4.78, 5) is 11.7. The van der Waals surface area contributed by atoms with Crippen LogP contribution >= 0.6 is 0 Å². The highest BCUT2D eigenvalue weighted by molar-refractivity contribution is 5.89. The largest absolute Gasteiger partial charge is 0.465 e. The van der Waals surface area contributed by atoms with Gasteiger partial charge in [-0.25, -0.2) is 4.79 Å². The van der Waals surface area contributed by atoms with Crippen LogP contribution in [0, 0.1) is 0 Å². The number of methoxy groups -OCH3 is 1. The van der Waals surface area contributed by atoms with Crippen molar-refractivity contribution in [2.75, 3.05) is 26.9 Å². The Labute approximate surface area is 137 Å². The van der Waals surface area contributed by atoms with Gasteiger partial charge in [0.2, 0.25) is 0 Å². The van der Waals surface area contributed by atoms with E-state index >= 15 is 0 Å². The number of benzene rings is 1. The van der Waals surface area contributed by atoms with E-state index in [0.717, 1.165) is 5.56 Å². The molecule has 1 aromatic carbocycles. The standard InChI is InChI=1S/C18H24O5/c1-4-21-12-17-16(22-5-2)10-9-15(23-17)13-7-6-8-14(11-13)18(19)20-3/h6-11,15-17H,4-5,12H2,1-3H3/t15-,16-,17+/m0/s1. The van der Waals surface area contributed by atoms with Crippen LogP contribution < -0.4 is 0 Å². The van der Waals surface area contributed by atoms with Gasteiger partial charge in [-0.05, 0) is 31.5 Å². The van der Waals surface area contributed by atoms with Crippen molar-refractivity contribution in [1.82, 2.24) is 0 Å². The van der Waals surface area contributed by atoms with Gasteiger partial charge in [-0.15, -0.1) is 0 Å². The van der Waals surface area contributed by atoms with Gasteiger partial charge in [0.15, 0.2) is 0 Å². The number of hydrogen-bond donors (Lipinski definition) is 0. The number of carbonyl (C=O) groups excluding carboxylic acids is 1. The van der Waals surface area contributed by atoms with E-state index in [9.17, 15) is 4.79 Å². The first-order valence-electron chi connectivity index (χ1n) is 7.91. The molecule has 0 saturated carbocycles. The Morgan fingerprint density at radius 2 is 2.04 bits per heavy atom. The molecule has 1 aliphatic rings. The number of carbonyl (C=O) groups is 1. The molecule has 2 rings (SSSR count). The van der Waals surface area contributed by atoms with Gasteiger partial charge in [-0.1, -0.05) is 24.3 Å². The summed E-state index contributed by atoms with van der Waals surface area (Å²) in [5.41, 5.74) is 1.41. The van der Waals surface area contributed by atoms with Crippen molar-refractivity contribution in [3.05, 3.63) is 47.5 Å². The lowest BCUT2D eigenvalue weighted by molar-refractivity contribution is -0.111. The summed E-state index contributed by atoms with van der Waals surface area (Å²) in [7, 11) is 1.37. The number of hydrogen-bond acceptors (Lipinski definition) is 5. The van der Waals surface area contributed by atoms with Crippen LogP contribution in [0.5, 0.6) is 0 Å². The van der Waals surface area contributed by atoms with Gasteiger partial charge < -0.3 is 18.9 Å². The Bertz CT molecular complexity index is 540. The number of rotatable bonds is 7. The second kappa shape index (κ2) is 8.82. The van der Waals surface area contributed by atoms with Crippen molar-refractivity contribution in [3.63, 3.8) is 0 Å². The molecule has 0 saturated heterocycles. The van der Waals surface area contributed by atoms with Crippen molar-refractivity contribution >= 4 is 5.97 Å². The van der Waals surface area contributed by atoms with Gasteiger partial charge >= 0.3 is 5.97 Å². The zero-order chi connectivity index (χ0) is 16.7. The molecule has 0 amide bonds. The van der Waals surface area contributed by atoms with Crippen LogP contribution in [0.15, 0.2) is 36.4 Å². The number of esters is 1. The lowest BCUT2D eigenvalue weighted by atomic mass is 10.0. The highest BCUT2D eigenvalue weighted by Gasteiger charge is 2.28. The van der Waals surface area contributed by atoms with Crippen LogP contribution in [-0.2, 0) is 18.9 Å². The molecule has 0 N–H and O–H groups in total. The highest BCUT2D eigenvalue weighted by Crippen LogP contribution is 2.28. The molecule has 1 aromatic rings. The second-order valence-electron chi connectivity index (χ2n) is 5.18. The van der Waals surface area contributed by atoms with Crippen molar-refractivity contribution in [1.29, 1.82) is 0 Å². The summed E-state index contributed by atoms with van der Waals surface area (Å²) in [5, 5.41) is 0. The summed E-state index contributed by atoms with van der Waals surface area (Å²) in [6.07, 6.45) is 3.44. The van der Waals surface area contributed by atoms with Crippen molar-refractivity contribution in [2.45, 2.75) is 32.2 Å². The molecule has 3 atom stereocenters. The maximum Gasteiger partial charge on any atom is 0.337 e. The fraction of sp³-hybridized carbons (Fsp3) is 0.500. The van der Waals surface area contributed by atoms with Crippen molar-refractivity contribution in [2.24, 2.45) is 0 Å². The van der Waals surface area contributed by atoms with Crippen LogP contribution in [-0.4, -0.2) is 45.1 Å². The monoisotopic (exact) mass is 320 g/mol. The van der Waals surface area contributed by atoms with Gasteiger partial charge in [-0.3, -0.25) is 0 Å². The smallest absolute Gasteiger partial charge is 0.337 e. The molecule has 23 heavy (non-hydrogen) atoms. The first-order chi connectivity index (χ1) is 11.2. The van der Waals surface area contributed by atoms with E-state index in [1.807, 2.05) is 38.1 Å². The van der Waals surface area contributed by atoms with Gasteiger partial charge in [0.1, 0.15) is 18.3 Å². The van der Waals surface area contributed by atoms with E-state index < -0.39 is 0 Å². The molecule has 1 aliphatic heterocycles. The quantitative estimate of drug-likeness (QED) is 0.571. The zero-order valence-electron chi connectivity index (χ0n) is 13.9. The molecule has 0 spiro atoms. The lowest BCUT2D eigenvalue weighted by Gasteiger charge is -2.32. The highest BCUT2D eigenvalue weighted by atomic mass is 16.6. The van der Waals surface area contributed by atoms with Gasteiger partial charge in [0.05, 0.1) is 19.3 Å². The summed E-state index contributed by atoms with van der Waals surface area (Å²) >= 11 is 0. The third kappa shape index (κ3) is 4.64. The first-order valence-corrected chi connectivity index (χ1v) is 7.91. The average Bonchev–Trinajstić information content (AvgIpc) is 2.60. The van der Waals surface area contributed by atoms with Crippen molar-refractivity contribution in [3.8, 4) is 0 Å². The van der Waals surface area contributed by atoms with Crippen LogP contribution in [0.2, 0.25) is 0 Å². The second-order valence-corrected chi connectivity index (χ2v) is 5.18. The predicted molar refractivity (Wildman–Crippen MR) is 86.4 cm³/mol. The van der Waals surface area contributed by atoms with Gasteiger partial charge in [0, 0.05) is 13.2 Å². The molecule has 0 bridgehead atoms. The minimum Gasteiger partial charge on any atom is -0.465 e. The molecule has 126 valence electrons. The van der Waals surface area contributed by atoms with E-state index in [1.54, 1.807) is 12.1 Å². The first kappa shape index (κ1) is 17.7. The maximum atomic E-state index is 11.7. The SMILES string of the molecule is CCOC[C@H]1O[C@H](c2cccc(C(=O)OC)c2)C=C[C@@H]1OCC. The van der Waals surface area contributed by atoms with Crippen LogP contribution in [0.1, 0.15) is 35.9 Å². The predicted octanol–water partition coefficient (Wildman–Crippen LogP) is 2.91. The minimum absolute atomic E-state index is 0.119. The summed E-state index contributed by atoms with van der Waals surface area (Å²) < 4.78 is 22.1. The maximum absolute atomic E-state index is 11.7. The lowest BCUT2D eigenvalue weighted by Crippen LogP contribution is -2.38. The van der Waals surface area contributed by atoms with Gasteiger partial charge in [-0.2, -0.15) is 0 Å². The Kier molecular flexibility index (Phi) is 6.77. The normalized spacial score (nSPS) is 23.7. The molecular formula is C18H24O5. The topological polar surface area (TPSA) is 54.0 Å². The van der Waals surface area contributed by atoms with Crippen molar-refractivity contribution < 1.29 is 23.7 Å².